The van der Waals surface area contributed by atoms with E-state index in [-0.39, 0.29) is 46.7 Å². The first-order valence-electron chi connectivity index (χ1n) is 18.2. The number of carbonyl (C=O) groups is 2. The van der Waals surface area contributed by atoms with Gasteiger partial charge < -0.3 is 14.7 Å². The molecule has 2 atom stereocenters. The minimum absolute atomic E-state index is 0.00517. The summed E-state index contributed by atoms with van der Waals surface area (Å²) >= 11 is 1.52. The van der Waals surface area contributed by atoms with Gasteiger partial charge in [0, 0.05) is 75.6 Å². The number of hydrogen-bond acceptors (Lipinski definition) is 7. The molecule has 3 aromatic rings. The number of aromatic amines is 1. The summed E-state index contributed by atoms with van der Waals surface area (Å²) in [6.45, 7) is 11.5. The summed E-state index contributed by atoms with van der Waals surface area (Å²) in [5, 5.41) is -0.860. The average Bonchev–Trinajstić information content (AvgIpc) is 3.59. The summed E-state index contributed by atoms with van der Waals surface area (Å²) in [5.41, 5.74) is 2.67. The van der Waals surface area contributed by atoms with E-state index in [9.17, 15) is 14.4 Å². The number of imidazole rings is 1. The number of aromatic nitrogens is 3. The second-order valence-electron chi connectivity index (χ2n) is 15.3. The smallest absolute Gasteiger partial charge is 0.327 e. The predicted octanol–water partition coefficient (Wildman–Crippen LogP) is 5.56. The second kappa shape index (κ2) is 14.1. The van der Waals surface area contributed by atoms with Gasteiger partial charge in [0.05, 0.1) is 16.5 Å². The molecular weight excluding hydrogens is 642 g/mol. The zero-order valence-corrected chi connectivity index (χ0v) is 29.9. The van der Waals surface area contributed by atoms with Crippen LogP contribution in [0.3, 0.4) is 0 Å². The second-order valence-corrected chi connectivity index (χ2v) is 16.6. The Morgan fingerprint density at radius 2 is 1.69 bits per heavy atom. The number of likely N-dealkylation sites (tertiary alicyclic amines) is 1. The van der Waals surface area contributed by atoms with Crippen molar-refractivity contribution in [2.45, 2.75) is 94.3 Å². The Labute approximate surface area is 292 Å². The van der Waals surface area contributed by atoms with Crippen molar-refractivity contribution in [1.82, 2.24) is 29.2 Å². The summed E-state index contributed by atoms with van der Waals surface area (Å²) in [5.74, 6) is 0.132. The number of fused-ring (bicyclic) bond motifs is 1. The van der Waals surface area contributed by atoms with Crippen LogP contribution in [-0.2, 0) is 9.59 Å². The van der Waals surface area contributed by atoms with Crippen molar-refractivity contribution >= 4 is 40.4 Å². The molecule has 1 unspecified atom stereocenters. The Morgan fingerprint density at radius 3 is 2.41 bits per heavy atom. The highest BCUT2D eigenvalue weighted by Crippen LogP contribution is 2.49. The number of amides is 2. The zero-order valence-electron chi connectivity index (χ0n) is 29.1. The van der Waals surface area contributed by atoms with Crippen molar-refractivity contribution < 1.29 is 14.0 Å². The Hall–Kier alpha value is -3.38. The van der Waals surface area contributed by atoms with Crippen LogP contribution >= 0.6 is 11.8 Å². The lowest BCUT2D eigenvalue weighted by molar-refractivity contribution is -0.137. The molecule has 12 heteroatoms. The molecule has 0 bridgehead atoms. The van der Waals surface area contributed by atoms with Crippen molar-refractivity contribution in [3.8, 4) is 0 Å². The fourth-order valence-electron chi connectivity index (χ4n) is 8.45. The van der Waals surface area contributed by atoms with Crippen LogP contribution in [0.5, 0.6) is 0 Å². The van der Waals surface area contributed by atoms with E-state index in [1.807, 2.05) is 28.0 Å². The third-order valence-electron chi connectivity index (χ3n) is 11.2. The molecule has 2 aromatic heterocycles. The van der Waals surface area contributed by atoms with Gasteiger partial charge in [0.1, 0.15) is 11.2 Å². The lowest BCUT2D eigenvalue weighted by Gasteiger charge is -2.44. The van der Waals surface area contributed by atoms with Gasteiger partial charge in [-0.1, -0.05) is 31.4 Å². The minimum Gasteiger partial charge on any atom is -0.366 e. The highest BCUT2D eigenvalue weighted by Gasteiger charge is 2.45. The van der Waals surface area contributed by atoms with Crippen molar-refractivity contribution in [2.24, 2.45) is 5.92 Å². The van der Waals surface area contributed by atoms with Crippen LogP contribution in [-0.4, -0.2) is 97.7 Å². The number of halogens is 1. The number of pyridine rings is 1. The molecule has 49 heavy (non-hydrogen) atoms. The minimum atomic E-state index is -0.519. The first-order valence-corrected chi connectivity index (χ1v) is 19.1. The van der Waals surface area contributed by atoms with Crippen LogP contribution in [0.4, 0.5) is 10.1 Å². The Balaban J connectivity index is 1.08. The molecule has 0 radical (unpaired) electrons. The molecule has 5 heterocycles. The molecule has 1 N–H and O–H groups in total. The quantitative estimate of drug-likeness (QED) is 0.347. The number of piperidine rings is 1. The molecule has 10 nitrogen and oxygen atoms in total. The number of para-hydroxylation sites is 1. The van der Waals surface area contributed by atoms with Crippen LogP contribution in [0, 0.1) is 11.7 Å². The maximum atomic E-state index is 15.8. The highest BCUT2D eigenvalue weighted by atomic mass is 32.2. The number of nitrogens with zero attached hydrogens (tertiary/aromatic N) is 6. The van der Waals surface area contributed by atoms with Crippen LogP contribution in [0.25, 0.3) is 11.2 Å². The molecular formula is C37H50FN7O3S. The number of thioether (sulfide) groups is 1. The molecule has 0 spiro atoms. The van der Waals surface area contributed by atoms with Gasteiger partial charge in [0.25, 0.3) is 0 Å². The molecule has 1 saturated carbocycles. The molecule has 2 amide bonds. The Morgan fingerprint density at radius 1 is 0.959 bits per heavy atom. The number of hydrogen-bond donors (Lipinski definition) is 1. The van der Waals surface area contributed by atoms with Gasteiger partial charge in [0.15, 0.2) is 5.65 Å². The first-order chi connectivity index (χ1) is 23.6. The molecule has 1 aromatic carbocycles. The number of nitrogens with one attached hydrogen (secondary N) is 1. The molecule has 4 aliphatic rings. The van der Waals surface area contributed by atoms with E-state index in [1.165, 1.54) is 37.1 Å². The summed E-state index contributed by atoms with van der Waals surface area (Å²) in [6.07, 6.45) is 8.88. The Kier molecular flexibility index (Phi) is 9.80. The van der Waals surface area contributed by atoms with E-state index >= 15 is 4.39 Å². The summed E-state index contributed by atoms with van der Waals surface area (Å²) in [7, 11) is 0. The molecule has 3 aliphatic heterocycles. The average molecular weight is 692 g/mol. The summed E-state index contributed by atoms with van der Waals surface area (Å²) in [6, 6.07) is 8.99. The lowest BCUT2D eigenvalue weighted by atomic mass is 9.88. The first kappa shape index (κ1) is 34.1. The van der Waals surface area contributed by atoms with Crippen molar-refractivity contribution in [3.05, 3.63) is 58.4 Å². The van der Waals surface area contributed by atoms with Crippen LogP contribution in [0.15, 0.2) is 41.3 Å². The van der Waals surface area contributed by atoms with Crippen molar-refractivity contribution in [2.75, 3.05) is 50.7 Å². The Bertz CT molecular complexity index is 1710. The van der Waals surface area contributed by atoms with Crippen molar-refractivity contribution in [1.29, 1.82) is 0 Å². The largest absolute Gasteiger partial charge is 0.366 e. The van der Waals surface area contributed by atoms with E-state index in [4.69, 9.17) is 0 Å². The van der Waals surface area contributed by atoms with Gasteiger partial charge >= 0.3 is 5.69 Å². The molecule has 1 aliphatic carbocycles. The summed E-state index contributed by atoms with van der Waals surface area (Å²) in [4.78, 5) is 56.3. The van der Waals surface area contributed by atoms with E-state index < -0.39 is 5.25 Å². The number of anilines is 1. The molecule has 3 saturated heterocycles. The standard InChI is InChI=1S/C37H50FN7O3S/c1-37(2,3)43-21-19-42(20-22-43)32-27(11-7-12-28(32)38)35-44(24-25-9-5-4-6-10-25)34(47)30(49-35)23-31(46)41-17-14-26(15-18-41)45-29-13-8-16-39-33(29)40-36(45)48/h7-8,11-13,16,25-26,30,35H,4-6,9-10,14-15,17-24H2,1-3H3,(H,39,40,48)/t30-,35?/m0/s1. The normalized spacial score (nSPS) is 23.6. The topological polar surface area (TPSA) is 97.8 Å². The van der Waals surface area contributed by atoms with Gasteiger partial charge in [-0.25, -0.2) is 14.2 Å². The fourth-order valence-corrected chi connectivity index (χ4v) is 9.92. The van der Waals surface area contributed by atoms with Gasteiger partial charge in [0.2, 0.25) is 11.8 Å². The molecule has 4 fully saturated rings. The fraction of sp³-hybridized carbons (Fsp3) is 0.622. The van der Waals surface area contributed by atoms with E-state index in [2.05, 4.69) is 40.5 Å². The maximum absolute atomic E-state index is 15.8. The number of piperazine rings is 1. The van der Waals surface area contributed by atoms with Gasteiger partial charge in [-0.15, -0.1) is 11.8 Å². The SMILES string of the molecule is CC(C)(C)N1CCN(c2c(F)cccc2C2S[C@@H](CC(=O)N3CCC(n4c(=O)[nH]c5ncccc54)CC3)C(=O)N2CC2CCCCC2)CC1. The van der Waals surface area contributed by atoms with Gasteiger partial charge in [-0.2, -0.15) is 0 Å². The third kappa shape index (κ3) is 7.00. The van der Waals surface area contributed by atoms with E-state index in [0.29, 0.717) is 49.7 Å². The number of H-pyrrole nitrogens is 1. The molecule has 264 valence electrons. The lowest BCUT2D eigenvalue weighted by Crippen LogP contribution is -2.53. The number of benzene rings is 1. The van der Waals surface area contributed by atoms with Crippen LogP contribution in [0.2, 0.25) is 0 Å². The van der Waals surface area contributed by atoms with Crippen LogP contribution < -0.4 is 10.6 Å². The van der Waals surface area contributed by atoms with Crippen molar-refractivity contribution in [3.63, 3.8) is 0 Å². The van der Waals surface area contributed by atoms with Gasteiger partial charge in [-0.3, -0.25) is 24.0 Å². The van der Waals surface area contributed by atoms with E-state index in [1.54, 1.807) is 16.8 Å². The number of carbonyl (C=O) groups excluding carboxylic acids is 2. The molecule has 7 rings (SSSR count). The van der Waals surface area contributed by atoms with E-state index in [0.717, 1.165) is 50.1 Å². The third-order valence-corrected chi connectivity index (χ3v) is 12.6. The monoisotopic (exact) mass is 691 g/mol. The van der Waals surface area contributed by atoms with Crippen LogP contribution in [0.1, 0.15) is 89.1 Å². The zero-order chi connectivity index (χ0) is 34.3. The maximum Gasteiger partial charge on any atom is 0.327 e. The predicted molar refractivity (Wildman–Crippen MR) is 192 cm³/mol. The summed E-state index contributed by atoms with van der Waals surface area (Å²) < 4.78 is 17.6. The highest BCUT2D eigenvalue weighted by molar-refractivity contribution is 8.01. The van der Waals surface area contributed by atoms with Gasteiger partial charge in [-0.05, 0) is 70.6 Å². The number of rotatable bonds is 7.